The van der Waals surface area contributed by atoms with E-state index in [0.29, 0.717) is 12.1 Å². The molecule has 0 spiro atoms. The predicted octanol–water partition coefficient (Wildman–Crippen LogP) is 2.38. The van der Waals surface area contributed by atoms with Crippen molar-refractivity contribution in [2.45, 2.75) is 13.1 Å². The van der Waals surface area contributed by atoms with Crippen LogP contribution in [0.3, 0.4) is 0 Å². The van der Waals surface area contributed by atoms with E-state index in [9.17, 15) is 4.39 Å². The lowest BCUT2D eigenvalue weighted by Crippen LogP contribution is -2.17. The molecule has 0 amide bonds. The Hall–Kier alpha value is -1.46. The largest absolute Gasteiger partial charge is 0.369 e. The third-order valence-electron chi connectivity index (χ3n) is 2.58. The summed E-state index contributed by atoms with van der Waals surface area (Å²) in [7, 11) is 1.91. The molecule has 0 saturated heterocycles. The number of thiazole rings is 1. The maximum atomic E-state index is 13.6. The first-order chi connectivity index (χ1) is 8.20. The van der Waals surface area contributed by atoms with E-state index in [-0.39, 0.29) is 12.4 Å². The minimum atomic E-state index is -0.255. The summed E-state index contributed by atoms with van der Waals surface area (Å²) in [4.78, 5) is 6.16. The van der Waals surface area contributed by atoms with Crippen LogP contribution >= 0.6 is 11.3 Å². The Morgan fingerprint density at radius 1 is 1.47 bits per heavy atom. The number of hydrogen-bond acceptors (Lipinski definition) is 4. The highest BCUT2D eigenvalue weighted by molar-refractivity contribution is 7.07. The van der Waals surface area contributed by atoms with Crippen LogP contribution in [0.5, 0.6) is 0 Å². The van der Waals surface area contributed by atoms with Crippen LogP contribution in [-0.2, 0) is 13.1 Å². The maximum Gasteiger partial charge on any atom is 0.129 e. The van der Waals surface area contributed by atoms with Gasteiger partial charge in [0.25, 0.3) is 0 Å². The van der Waals surface area contributed by atoms with Crippen LogP contribution in [-0.4, -0.2) is 12.0 Å². The van der Waals surface area contributed by atoms with Crippen LogP contribution < -0.4 is 10.6 Å². The van der Waals surface area contributed by atoms with Crippen LogP contribution in [0.25, 0.3) is 0 Å². The molecule has 0 saturated carbocycles. The molecule has 3 nitrogen and oxygen atoms in total. The second-order valence-corrected chi connectivity index (χ2v) is 4.53. The van der Waals surface area contributed by atoms with Crippen LogP contribution in [0.1, 0.15) is 11.3 Å². The second-order valence-electron chi connectivity index (χ2n) is 3.82. The van der Waals surface area contributed by atoms with Crippen molar-refractivity contribution in [1.29, 1.82) is 0 Å². The summed E-state index contributed by atoms with van der Waals surface area (Å²) in [5, 5.41) is 1.99. The molecule has 5 heteroatoms. The normalized spacial score (nSPS) is 10.5. The summed E-state index contributed by atoms with van der Waals surface area (Å²) in [6, 6.07) is 5.11. The molecule has 0 aliphatic rings. The first kappa shape index (κ1) is 12.0. The predicted molar refractivity (Wildman–Crippen MR) is 68.5 cm³/mol. The van der Waals surface area contributed by atoms with Crippen molar-refractivity contribution in [3.8, 4) is 0 Å². The van der Waals surface area contributed by atoms with E-state index in [1.165, 1.54) is 6.07 Å². The lowest BCUT2D eigenvalue weighted by atomic mass is 10.2. The van der Waals surface area contributed by atoms with Crippen molar-refractivity contribution in [2.75, 3.05) is 11.9 Å². The van der Waals surface area contributed by atoms with E-state index in [0.717, 1.165) is 11.4 Å². The molecule has 17 heavy (non-hydrogen) atoms. The van der Waals surface area contributed by atoms with E-state index in [1.807, 2.05) is 23.4 Å². The fourth-order valence-corrected chi connectivity index (χ4v) is 2.14. The Kier molecular flexibility index (Phi) is 3.71. The molecule has 1 aromatic carbocycles. The van der Waals surface area contributed by atoms with Crippen molar-refractivity contribution in [1.82, 2.24) is 4.98 Å². The van der Waals surface area contributed by atoms with Gasteiger partial charge in [0.05, 0.1) is 17.7 Å². The monoisotopic (exact) mass is 251 g/mol. The number of nitrogens with zero attached hydrogens (tertiary/aromatic N) is 2. The molecule has 2 aromatic rings. The minimum absolute atomic E-state index is 0.224. The summed E-state index contributed by atoms with van der Waals surface area (Å²) in [5.74, 6) is -0.255. The van der Waals surface area contributed by atoms with Crippen LogP contribution in [0.15, 0.2) is 29.1 Å². The summed E-state index contributed by atoms with van der Waals surface area (Å²) < 4.78 is 13.6. The third kappa shape index (κ3) is 2.81. The highest BCUT2D eigenvalue weighted by Crippen LogP contribution is 2.19. The topological polar surface area (TPSA) is 42.2 Å². The van der Waals surface area contributed by atoms with Gasteiger partial charge < -0.3 is 10.6 Å². The van der Waals surface area contributed by atoms with Gasteiger partial charge in [-0.1, -0.05) is 6.07 Å². The number of halogens is 1. The lowest BCUT2D eigenvalue weighted by Gasteiger charge is -2.18. The number of anilines is 1. The summed E-state index contributed by atoms with van der Waals surface area (Å²) in [6.07, 6.45) is 0. The number of nitrogens with two attached hydrogens (primary N) is 1. The van der Waals surface area contributed by atoms with Gasteiger partial charge in [-0.25, -0.2) is 9.37 Å². The van der Waals surface area contributed by atoms with E-state index in [1.54, 1.807) is 22.9 Å². The van der Waals surface area contributed by atoms with Crippen molar-refractivity contribution >= 4 is 17.0 Å². The zero-order valence-corrected chi connectivity index (χ0v) is 10.4. The van der Waals surface area contributed by atoms with Gasteiger partial charge in [0.2, 0.25) is 0 Å². The number of aromatic nitrogens is 1. The average Bonchev–Trinajstić information content (AvgIpc) is 2.81. The lowest BCUT2D eigenvalue weighted by molar-refractivity contribution is 0.610. The molecule has 0 radical (unpaired) electrons. The van der Waals surface area contributed by atoms with Crippen LogP contribution in [0.4, 0.5) is 10.1 Å². The Bertz CT molecular complexity index is 485. The molecular weight excluding hydrogens is 237 g/mol. The zero-order chi connectivity index (χ0) is 12.3. The zero-order valence-electron chi connectivity index (χ0n) is 9.56. The van der Waals surface area contributed by atoms with Gasteiger partial charge in [-0.15, -0.1) is 11.3 Å². The molecule has 2 N–H and O–H groups in total. The van der Waals surface area contributed by atoms with E-state index in [2.05, 4.69) is 4.98 Å². The molecule has 1 heterocycles. The fraction of sp³-hybridized carbons (Fsp3) is 0.250. The molecule has 1 aromatic heterocycles. The van der Waals surface area contributed by atoms with E-state index in [4.69, 9.17) is 5.73 Å². The quantitative estimate of drug-likeness (QED) is 0.907. The molecule has 90 valence electrons. The molecule has 0 unspecified atom stereocenters. The summed E-state index contributed by atoms with van der Waals surface area (Å²) >= 11 is 1.56. The van der Waals surface area contributed by atoms with Gasteiger partial charge in [-0.3, -0.25) is 0 Å². The maximum absolute atomic E-state index is 13.6. The first-order valence-corrected chi connectivity index (χ1v) is 6.21. The third-order valence-corrected chi connectivity index (χ3v) is 3.22. The second kappa shape index (κ2) is 5.25. The molecular formula is C12H14FN3S. The van der Waals surface area contributed by atoms with Gasteiger partial charge in [-0.05, 0) is 12.1 Å². The van der Waals surface area contributed by atoms with Gasteiger partial charge >= 0.3 is 0 Å². The van der Waals surface area contributed by atoms with Gasteiger partial charge in [-0.2, -0.15) is 0 Å². The van der Waals surface area contributed by atoms with Gasteiger partial charge in [0, 0.05) is 30.2 Å². The number of rotatable bonds is 4. The smallest absolute Gasteiger partial charge is 0.129 e. The van der Waals surface area contributed by atoms with E-state index >= 15 is 0 Å². The first-order valence-electron chi connectivity index (χ1n) is 5.27. The SMILES string of the molecule is CN(Cc1cscn1)c1ccc(CN)c(F)c1. The van der Waals surface area contributed by atoms with Crippen molar-refractivity contribution < 1.29 is 4.39 Å². The molecule has 2 rings (SSSR count). The van der Waals surface area contributed by atoms with Crippen molar-refractivity contribution in [3.63, 3.8) is 0 Å². The Balaban J connectivity index is 2.14. The Labute approximate surface area is 104 Å². The summed E-state index contributed by atoms with van der Waals surface area (Å²) in [5.41, 5.74) is 9.57. The average molecular weight is 251 g/mol. The molecule has 0 aliphatic heterocycles. The minimum Gasteiger partial charge on any atom is -0.369 e. The van der Waals surface area contributed by atoms with Crippen LogP contribution in [0, 0.1) is 5.82 Å². The Morgan fingerprint density at radius 2 is 2.29 bits per heavy atom. The van der Waals surface area contributed by atoms with Gasteiger partial charge in [0.15, 0.2) is 0 Å². The van der Waals surface area contributed by atoms with Crippen molar-refractivity contribution in [3.05, 3.63) is 46.2 Å². The highest BCUT2D eigenvalue weighted by Gasteiger charge is 2.07. The van der Waals surface area contributed by atoms with E-state index < -0.39 is 0 Å². The molecule has 0 aliphatic carbocycles. The molecule has 0 bridgehead atoms. The molecule has 0 atom stereocenters. The fourth-order valence-electron chi connectivity index (χ4n) is 1.59. The highest BCUT2D eigenvalue weighted by atomic mass is 32.1. The van der Waals surface area contributed by atoms with Crippen LogP contribution in [0.2, 0.25) is 0 Å². The van der Waals surface area contributed by atoms with Gasteiger partial charge in [0.1, 0.15) is 5.82 Å². The standard InChI is InChI=1S/C12H14FN3S/c1-16(6-10-7-17-8-15-10)11-3-2-9(5-14)12(13)4-11/h2-4,7-8H,5-6,14H2,1H3. The number of hydrogen-bond donors (Lipinski definition) is 1. The summed E-state index contributed by atoms with van der Waals surface area (Å²) in [6.45, 7) is 0.896. The Morgan fingerprint density at radius 3 is 2.88 bits per heavy atom. The molecule has 0 fully saturated rings. The number of benzene rings is 1. The van der Waals surface area contributed by atoms with Crippen molar-refractivity contribution in [2.24, 2.45) is 5.73 Å².